The summed E-state index contributed by atoms with van der Waals surface area (Å²) in [5, 5.41) is 6.17. The molecule has 8 heteroatoms. The van der Waals surface area contributed by atoms with Gasteiger partial charge in [-0.15, -0.1) is 0 Å². The molecule has 0 radical (unpaired) electrons. The molecule has 1 aliphatic rings. The highest BCUT2D eigenvalue weighted by molar-refractivity contribution is 6.30. The van der Waals surface area contributed by atoms with Crippen LogP contribution in [-0.2, 0) is 4.79 Å². The average molecular weight is 388 g/mol. The molecule has 2 heterocycles. The molecule has 0 bridgehead atoms. The van der Waals surface area contributed by atoms with Crippen LogP contribution in [0.25, 0.3) is 0 Å². The maximum absolute atomic E-state index is 12.4. The van der Waals surface area contributed by atoms with Crippen LogP contribution >= 0.6 is 11.6 Å². The van der Waals surface area contributed by atoms with Crippen LogP contribution in [0.1, 0.15) is 6.92 Å². The zero-order valence-electron chi connectivity index (χ0n) is 15.1. The molecular formula is C19H22ClN5O2. The third kappa shape index (κ3) is 5.10. The van der Waals surface area contributed by atoms with E-state index in [0.717, 1.165) is 5.69 Å². The number of hydrogen-bond acceptors (Lipinski definition) is 4. The van der Waals surface area contributed by atoms with Gasteiger partial charge in [0.2, 0.25) is 5.91 Å². The van der Waals surface area contributed by atoms with Gasteiger partial charge in [-0.1, -0.05) is 17.7 Å². The molecule has 2 N–H and O–H groups in total. The molecule has 0 aliphatic carbocycles. The highest BCUT2D eigenvalue weighted by Gasteiger charge is 2.24. The second kappa shape index (κ2) is 8.73. The fourth-order valence-corrected chi connectivity index (χ4v) is 3.05. The lowest BCUT2D eigenvalue weighted by Crippen LogP contribution is -2.54. The van der Waals surface area contributed by atoms with E-state index in [1.165, 1.54) is 0 Å². The van der Waals surface area contributed by atoms with Crippen molar-refractivity contribution in [3.8, 4) is 0 Å². The van der Waals surface area contributed by atoms with Crippen molar-refractivity contribution in [2.24, 2.45) is 0 Å². The van der Waals surface area contributed by atoms with Crippen molar-refractivity contribution in [2.45, 2.75) is 13.0 Å². The second-order valence-electron chi connectivity index (χ2n) is 6.36. The molecule has 1 saturated heterocycles. The predicted molar refractivity (Wildman–Crippen MR) is 106 cm³/mol. The van der Waals surface area contributed by atoms with Gasteiger partial charge in [-0.2, -0.15) is 0 Å². The van der Waals surface area contributed by atoms with Gasteiger partial charge in [-0.3, -0.25) is 9.78 Å². The summed E-state index contributed by atoms with van der Waals surface area (Å²) < 4.78 is 0. The first-order valence-corrected chi connectivity index (χ1v) is 9.17. The van der Waals surface area contributed by atoms with Gasteiger partial charge in [0.25, 0.3) is 0 Å². The quantitative estimate of drug-likeness (QED) is 0.845. The zero-order chi connectivity index (χ0) is 19.2. The molecule has 27 heavy (non-hydrogen) atoms. The summed E-state index contributed by atoms with van der Waals surface area (Å²) in [6.45, 7) is 4.24. The summed E-state index contributed by atoms with van der Waals surface area (Å²) in [6, 6.07) is 10.3. The number of piperazine rings is 1. The lowest BCUT2D eigenvalue weighted by atomic mass is 10.2. The highest BCUT2D eigenvalue weighted by atomic mass is 35.5. The van der Waals surface area contributed by atoms with Crippen molar-refractivity contribution in [1.82, 2.24) is 15.2 Å². The first-order valence-electron chi connectivity index (χ1n) is 8.80. The number of nitrogens with zero attached hydrogens (tertiary/aromatic N) is 3. The molecule has 1 aliphatic heterocycles. The number of aromatic nitrogens is 1. The monoisotopic (exact) mass is 387 g/mol. The van der Waals surface area contributed by atoms with Crippen LogP contribution in [-0.4, -0.2) is 54.0 Å². The van der Waals surface area contributed by atoms with E-state index in [9.17, 15) is 9.59 Å². The van der Waals surface area contributed by atoms with E-state index in [4.69, 9.17) is 11.6 Å². The first kappa shape index (κ1) is 19.0. The van der Waals surface area contributed by atoms with Gasteiger partial charge in [-0.25, -0.2) is 4.79 Å². The van der Waals surface area contributed by atoms with E-state index in [0.29, 0.717) is 36.9 Å². The molecule has 1 aromatic carbocycles. The summed E-state index contributed by atoms with van der Waals surface area (Å²) in [7, 11) is 0. The summed E-state index contributed by atoms with van der Waals surface area (Å²) in [4.78, 5) is 32.5. The maximum Gasteiger partial charge on any atom is 0.318 e. The number of amides is 3. The summed E-state index contributed by atoms with van der Waals surface area (Å²) >= 11 is 6.05. The molecule has 142 valence electrons. The van der Waals surface area contributed by atoms with Crippen LogP contribution < -0.4 is 15.5 Å². The number of benzene rings is 1. The zero-order valence-corrected chi connectivity index (χ0v) is 15.8. The van der Waals surface area contributed by atoms with Gasteiger partial charge in [0, 0.05) is 43.1 Å². The Kier molecular flexibility index (Phi) is 6.13. The standard InChI is InChI=1S/C19H22ClN5O2/c1-14(18(26)23-16-5-3-7-21-13-16)22-19(27)25-10-8-24(9-11-25)17-6-2-4-15(20)12-17/h2-7,12-14H,8-11H2,1H3,(H,22,27)(H,23,26). The van der Waals surface area contributed by atoms with Crippen LogP contribution in [0, 0.1) is 0 Å². The summed E-state index contributed by atoms with van der Waals surface area (Å²) in [6.07, 6.45) is 3.19. The van der Waals surface area contributed by atoms with Crippen molar-refractivity contribution >= 4 is 34.9 Å². The van der Waals surface area contributed by atoms with Crippen LogP contribution in [0.15, 0.2) is 48.8 Å². The Bertz CT molecular complexity index is 794. The fraction of sp³-hybridized carbons (Fsp3) is 0.316. The van der Waals surface area contributed by atoms with E-state index in [1.807, 2.05) is 24.3 Å². The molecule has 0 spiro atoms. The van der Waals surface area contributed by atoms with Crippen molar-refractivity contribution in [3.05, 3.63) is 53.8 Å². The molecule has 3 amide bonds. The second-order valence-corrected chi connectivity index (χ2v) is 6.79. The van der Waals surface area contributed by atoms with Gasteiger partial charge in [0.1, 0.15) is 6.04 Å². The Labute approximate surface area is 163 Å². The Morgan fingerprint density at radius 1 is 1.15 bits per heavy atom. The van der Waals surface area contributed by atoms with Crippen LogP contribution in [0.2, 0.25) is 5.02 Å². The summed E-state index contributed by atoms with van der Waals surface area (Å²) in [5.74, 6) is -0.283. The number of hydrogen-bond donors (Lipinski definition) is 2. The van der Waals surface area contributed by atoms with Crippen molar-refractivity contribution in [3.63, 3.8) is 0 Å². The van der Waals surface area contributed by atoms with Gasteiger partial charge >= 0.3 is 6.03 Å². The van der Waals surface area contributed by atoms with E-state index in [2.05, 4.69) is 20.5 Å². The molecule has 1 fully saturated rings. The highest BCUT2D eigenvalue weighted by Crippen LogP contribution is 2.20. The molecule has 0 saturated carbocycles. The minimum absolute atomic E-state index is 0.241. The molecule has 7 nitrogen and oxygen atoms in total. The van der Waals surface area contributed by atoms with Crippen molar-refractivity contribution in [1.29, 1.82) is 0 Å². The van der Waals surface area contributed by atoms with Crippen molar-refractivity contribution in [2.75, 3.05) is 36.4 Å². The minimum atomic E-state index is -0.649. The van der Waals surface area contributed by atoms with Gasteiger partial charge < -0.3 is 20.4 Å². The number of rotatable bonds is 4. The number of urea groups is 1. The Balaban J connectivity index is 1.48. The predicted octanol–water partition coefficient (Wildman–Crippen LogP) is 2.59. The Morgan fingerprint density at radius 3 is 2.59 bits per heavy atom. The Hall–Kier alpha value is -2.80. The number of carbonyl (C=O) groups excluding carboxylic acids is 2. The van der Waals surface area contributed by atoms with Gasteiger partial charge in [0.05, 0.1) is 11.9 Å². The molecule has 1 atom stereocenters. The van der Waals surface area contributed by atoms with Crippen molar-refractivity contribution < 1.29 is 9.59 Å². The van der Waals surface area contributed by atoms with E-state index >= 15 is 0 Å². The Morgan fingerprint density at radius 2 is 1.93 bits per heavy atom. The van der Waals surface area contributed by atoms with Crippen LogP contribution in [0.5, 0.6) is 0 Å². The third-order valence-corrected chi connectivity index (χ3v) is 4.64. The molecule has 1 aromatic heterocycles. The molecule has 1 unspecified atom stereocenters. The number of nitrogens with one attached hydrogen (secondary N) is 2. The topological polar surface area (TPSA) is 77.6 Å². The van der Waals surface area contributed by atoms with E-state index < -0.39 is 6.04 Å². The number of anilines is 2. The molecular weight excluding hydrogens is 366 g/mol. The minimum Gasteiger partial charge on any atom is -0.368 e. The largest absolute Gasteiger partial charge is 0.368 e. The normalized spacial score (nSPS) is 15.2. The molecule has 2 aromatic rings. The maximum atomic E-state index is 12.4. The van der Waals surface area contributed by atoms with Gasteiger partial charge in [0.15, 0.2) is 0 Å². The van der Waals surface area contributed by atoms with Gasteiger partial charge in [-0.05, 0) is 37.3 Å². The smallest absolute Gasteiger partial charge is 0.318 e. The van der Waals surface area contributed by atoms with Crippen LogP contribution in [0.3, 0.4) is 0 Å². The number of carbonyl (C=O) groups is 2. The summed E-state index contributed by atoms with van der Waals surface area (Å²) in [5.41, 5.74) is 1.64. The number of halogens is 1. The fourth-order valence-electron chi connectivity index (χ4n) is 2.87. The SMILES string of the molecule is CC(NC(=O)N1CCN(c2cccc(Cl)c2)CC1)C(=O)Nc1cccnc1. The van der Waals surface area contributed by atoms with Crippen LogP contribution in [0.4, 0.5) is 16.2 Å². The lowest BCUT2D eigenvalue weighted by Gasteiger charge is -2.36. The first-order chi connectivity index (χ1) is 13.0. The molecule has 3 rings (SSSR count). The average Bonchev–Trinajstić information content (AvgIpc) is 2.69. The number of pyridine rings is 1. The van der Waals surface area contributed by atoms with E-state index in [-0.39, 0.29) is 11.9 Å². The third-order valence-electron chi connectivity index (χ3n) is 4.40. The lowest BCUT2D eigenvalue weighted by molar-refractivity contribution is -0.117. The van der Waals surface area contributed by atoms with E-state index in [1.54, 1.807) is 36.4 Å².